The van der Waals surface area contributed by atoms with E-state index >= 15 is 0 Å². The van der Waals surface area contributed by atoms with Gasteiger partial charge in [0.05, 0.1) is 0 Å². The van der Waals surface area contributed by atoms with E-state index in [-0.39, 0.29) is 0 Å². The molecule has 1 unspecified atom stereocenters. The number of rotatable bonds is 0. The van der Waals surface area contributed by atoms with Crippen LogP contribution in [0.2, 0.25) is 0 Å². The molecule has 0 saturated carbocycles. The summed E-state index contributed by atoms with van der Waals surface area (Å²) in [5.41, 5.74) is 5.49. The lowest BCUT2D eigenvalue weighted by Crippen LogP contribution is -2.35. The number of aryl methyl sites for hydroxylation is 2. The third-order valence-corrected chi connectivity index (χ3v) is 4.41. The minimum Gasteiger partial charge on any atom is -0.474 e. The standard InChI is InChI=1S/C20H21NO/c1-14-13-15(2)18-9-11-20(4,22-19(18)16(14)3)10-8-17-7-5-6-12-21-17/h5-7,12-13H,9,11H2,1-4H3. The van der Waals surface area contributed by atoms with Gasteiger partial charge in [0.1, 0.15) is 11.4 Å². The van der Waals surface area contributed by atoms with Gasteiger partial charge in [-0.2, -0.15) is 0 Å². The predicted octanol–water partition coefficient (Wildman–Crippen LogP) is 4.14. The van der Waals surface area contributed by atoms with E-state index < -0.39 is 5.60 Å². The molecule has 1 aliphatic heterocycles. The molecule has 112 valence electrons. The lowest BCUT2D eigenvalue weighted by Gasteiger charge is -2.34. The molecule has 2 nitrogen and oxygen atoms in total. The fourth-order valence-corrected chi connectivity index (χ4v) is 2.91. The molecule has 1 aromatic carbocycles. The summed E-state index contributed by atoms with van der Waals surface area (Å²) in [6.07, 6.45) is 3.68. The zero-order valence-corrected chi connectivity index (χ0v) is 13.7. The lowest BCUT2D eigenvalue weighted by molar-refractivity contribution is 0.123. The van der Waals surface area contributed by atoms with Crippen LogP contribution in [0.1, 0.15) is 41.3 Å². The molecule has 3 rings (SSSR count). The maximum Gasteiger partial charge on any atom is 0.167 e. The highest BCUT2D eigenvalue weighted by Gasteiger charge is 2.31. The summed E-state index contributed by atoms with van der Waals surface area (Å²) in [5.74, 6) is 7.46. The molecule has 1 atom stereocenters. The zero-order valence-electron chi connectivity index (χ0n) is 13.7. The molecule has 0 spiro atoms. The summed E-state index contributed by atoms with van der Waals surface area (Å²) in [6, 6.07) is 8.02. The first-order chi connectivity index (χ1) is 10.5. The van der Waals surface area contributed by atoms with Crippen molar-refractivity contribution in [2.75, 3.05) is 0 Å². The Bertz CT molecular complexity index is 768. The Morgan fingerprint density at radius 1 is 1.18 bits per heavy atom. The monoisotopic (exact) mass is 291 g/mol. The average Bonchev–Trinajstić information content (AvgIpc) is 2.52. The summed E-state index contributed by atoms with van der Waals surface area (Å²) >= 11 is 0. The van der Waals surface area contributed by atoms with Crippen LogP contribution >= 0.6 is 0 Å². The summed E-state index contributed by atoms with van der Waals surface area (Å²) in [6.45, 7) is 8.50. The van der Waals surface area contributed by atoms with E-state index in [9.17, 15) is 0 Å². The van der Waals surface area contributed by atoms with E-state index in [0.29, 0.717) is 0 Å². The highest BCUT2D eigenvalue weighted by Crippen LogP contribution is 2.38. The van der Waals surface area contributed by atoms with Gasteiger partial charge in [0.15, 0.2) is 5.60 Å². The number of ether oxygens (including phenoxy) is 1. The van der Waals surface area contributed by atoms with Crippen LogP contribution in [0.25, 0.3) is 0 Å². The van der Waals surface area contributed by atoms with Crippen LogP contribution in [0.15, 0.2) is 30.5 Å². The number of hydrogen-bond donors (Lipinski definition) is 0. The Balaban J connectivity index is 1.95. The fraction of sp³-hybridized carbons (Fsp3) is 0.350. The van der Waals surface area contributed by atoms with E-state index in [0.717, 1.165) is 24.3 Å². The molecule has 0 radical (unpaired) electrons. The average molecular weight is 291 g/mol. The van der Waals surface area contributed by atoms with Gasteiger partial charge in [-0.1, -0.05) is 12.1 Å². The maximum absolute atomic E-state index is 6.33. The van der Waals surface area contributed by atoms with Crippen LogP contribution in [-0.4, -0.2) is 10.6 Å². The van der Waals surface area contributed by atoms with E-state index in [1.807, 2.05) is 18.2 Å². The molecule has 0 amide bonds. The number of fused-ring (bicyclic) bond motifs is 1. The molecular formula is C20H21NO. The second kappa shape index (κ2) is 5.50. The Morgan fingerprint density at radius 3 is 2.73 bits per heavy atom. The van der Waals surface area contributed by atoms with Crippen molar-refractivity contribution in [2.24, 2.45) is 0 Å². The third kappa shape index (κ3) is 2.72. The van der Waals surface area contributed by atoms with Crippen molar-refractivity contribution in [2.45, 2.75) is 46.1 Å². The topological polar surface area (TPSA) is 22.1 Å². The van der Waals surface area contributed by atoms with Gasteiger partial charge in [0, 0.05) is 12.6 Å². The van der Waals surface area contributed by atoms with Crippen molar-refractivity contribution < 1.29 is 4.74 Å². The smallest absolute Gasteiger partial charge is 0.167 e. The largest absolute Gasteiger partial charge is 0.474 e. The van der Waals surface area contributed by atoms with Crippen molar-refractivity contribution in [3.8, 4) is 17.6 Å². The van der Waals surface area contributed by atoms with Crippen LogP contribution in [0.4, 0.5) is 0 Å². The van der Waals surface area contributed by atoms with Gasteiger partial charge < -0.3 is 4.74 Å². The number of benzene rings is 1. The Morgan fingerprint density at radius 2 is 2.00 bits per heavy atom. The van der Waals surface area contributed by atoms with Gasteiger partial charge >= 0.3 is 0 Å². The number of aromatic nitrogens is 1. The van der Waals surface area contributed by atoms with Crippen molar-refractivity contribution in [3.05, 3.63) is 58.4 Å². The van der Waals surface area contributed by atoms with Gasteiger partial charge in [-0.05, 0) is 80.3 Å². The molecule has 22 heavy (non-hydrogen) atoms. The van der Waals surface area contributed by atoms with E-state index in [1.54, 1.807) is 6.20 Å². The van der Waals surface area contributed by atoms with Crippen molar-refractivity contribution in [1.29, 1.82) is 0 Å². The molecule has 2 heterocycles. The zero-order chi connectivity index (χ0) is 15.7. The van der Waals surface area contributed by atoms with Crippen LogP contribution in [0.5, 0.6) is 5.75 Å². The van der Waals surface area contributed by atoms with Crippen molar-refractivity contribution in [1.82, 2.24) is 4.98 Å². The lowest BCUT2D eigenvalue weighted by atomic mass is 9.88. The third-order valence-electron chi connectivity index (χ3n) is 4.41. The SMILES string of the molecule is Cc1cc(C)c2c(c1C)OC(C)(C#Cc1ccccn1)CC2. The predicted molar refractivity (Wildman–Crippen MR) is 89.1 cm³/mol. The van der Waals surface area contributed by atoms with Crippen molar-refractivity contribution in [3.63, 3.8) is 0 Å². The fourth-order valence-electron chi connectivity index (χ4n) is 2.91. The Hall–Kier alpha value is -2.27. The number of nitrogens with zero attached hydrogens (tertiary/aromatic N) is 1. The first-order valence-electron chi connectivity index (χ1n) is 7.71. The second-order valence-corrected chi connectivity index (χ2v) is 6.24. The summed E-state index contributed by atoms with van der Waals surface area (Å²) in [4.78, 5) is 4.26. The first-order valence-corrected chi connectivity index (χ1v) is 7.71. The van der Waals surface area contributed by atoms with Crippen molar-refractivity contribution >= 4 is 0 Å². The Kier molecular flexibility index (Phi) is 3.66. The molecule has 0 bridgehead atoms. The summed E-state index contributed by atoms with van der Waals surface area (Å²) < 4.78 is 6.33. The number of hydrogen-bond acceptors (Lipinski definition) is 2. The minimum absolute atomic E-state index is 0.449. The Labute approximate surface area is 132 Å². The summed E-state index contributed by atoms with van der Waals surface area (Å²) in [5, 5.41) is 0. The highest BCUT2D eigenvalue weighted by atomic mass is 16.5. The highest BCUT2D eigenvalue weighted by molar-refractivity contribution is 5.52. The minimum atomic E-state index is -0.449. The molecule has 0 N–H and O–H groups in total. The van der Waals surface area contributed by atoms with Crippen LogP contribution in [0.3, 0.4) is 0 Å². The van der Waals surface area contributed by atoms with Crippen LogP contribution in [-0.2, 0) is 6.42 Å². The van der Waals surface area contributed by atoms with E-state index in [4.69, 9.17) is 4.74 Å². The quantitative estimate of drug-likeness (QED) is 0.680. The van der Waals surface area contributed by atoms with Gasteiger partial charge in [-0.3, -0.25) is 0 Å². The van der Waals surface area contributed by atoms with Crippen LogP contribution in [0, 0.1) is 32.6 Å². The molecule has 2 heteroatoms. The van der Waals surface area contributed by atoms with Gasteiger partial charge in [-0.25, -0.2) is 4.98 Å². The molecule has 1 aliphatic rings. The first kappa shape index (κ1) is 14.7. The van der Waals surface area contributed by atoms with Gasteiger partial charge in [0.25, 0.3) is 0 Å². The molecule has 0 saturated heterocycles. The van der Waals surface area contributed by atoms with Crippen LogP contribution < -0.4 is 4.74 Å². The summed E-state index contributed by atoms with van der Waals surface area (Å²) in [7, 11) is 0. The molecule has 1 aromatic heterocycles. The molecule has 0 fully saturated rings. The molecular weight excluding hydrogens is 270 g/mol. The maximum atomic E-state index is 6.33. The van der Waals surface area contributed by atoms with E-state index in [1.165, 1.54) is 22.3 Å². The van der Waals surface area contributed by atoms with Gasteiger partial charge in [-0.15, -0.1) is 0 Å². The van der Waals surface area contributed by atoms with E-state index in [2.05, 4.69) is 50.6 Å². The number of pyridine rings is 1. The normalized spacial score (nSPS) is 19.6. The molecule has 2 aromatic rings. The molecule has 0 aliphatic carbocycles. The second-order valence-electron chi connectivity index (χ2n) is 6.24. The van der Waals surface area contributed by atoms with Gasteiger partial charge in [0.2, 0.25) is 0 Å².